The van der Waals surface area contributed by atoms with Gasteiger partial charge in [0.05, 0.1) is 4.92 Å². The van der Waals surface area contributed by atoms with Crippen LogP contribution in [-0.4, -0.2) is 28.7 Å². The second-order valence-corrected chi connectivity index (χ2v) is 6.13. The van der Waals surface area contributed by atoms with Crippen LogP contribution >= 0.6 is 15.9 Å². The van der Waals surface area contributed by atoms with E-state index in [0.29, 0.717) is 23.1 Å². The predicted molar refractivity (Wildman–Crippen MR) is 79.5 cm³/mol. The van der Waals surface area contributed by atoms with E-state index in [1.807, 2.05) is 6.07 Å². The summed E-state index contributed by atoms with van der Waals surface area (Å²) in [5.74, 6) is 0.276. The number of ketones is 1. The number of hydrogen-bond donors (Lipinski definition) is 0. The smallest absolute Gasteiger partial charge is 0.275 e. The Balaban J connectivity index is 2.13. The Hall–Kier alpha value is -1.27. The number of halogens is 1. The third kappa shape index (κ3) is 3.64. The van der Waals surface area contributed by atoms with Gasteiger partial charge in [0.15, 0.2) is 0 Å². The Labute approximate surface area is 126 Å². The summed E-state index contributed by atoms with van der Waals surface area (Å²) >= 11 is 3.26. The normalized spacial score (nSPS) is 19.8. The van der Waals surface area contributed by atoms with E-state index in [1.54, 1.807) is 13.0 Å². The summed E-state index contributed by atoms with van der Waals surface area (Å²) in [6, 6.07) is 5.12. The lowest BCUT2D eigenvalue weighted by Gasteiger charge is -2.31. The molecule has 1 atom stereocenters. The first-order valence-electron chi connectivity index (χ1n) is 6.63. The molecule has 0 bridgehead atoms. The second-order valence-electron chi connectivity index (χ2n) is 5.22. The summed E-state index contributed by atoms with van der Waals surface area (Å²) in [5.41, 5.74) is 0.826. The lowest BCUT2D eigenvalue weighted by molar-refractivity contribution is -0.385. The molecule has 0 aromatic heterocycles. The molecule has 1 unspecified atom stereocenters. The zero-order valence-corrected chi connectivity index (χ0v) is 12.9. The number of rotatable bonds is 4. The van der Waals surface area contributed by atoms with Crippen LogP contribution in [0, 0.1) is 16.0 Å². The van der Waals surface area contributed by atoms with Crippen LogP contribution in [0.4, 0.5) is 5.69 Å². The van der Waals surface area contributed by atoms with Crippen molar-refractivity contribution in [3.05, 3.63) is 38.3 Å². The van der Waals surface area contributed by atoms with Crippen LogP contribution in [0.15, 0.2) is 22.7 Å². The van der Waals surface area contributed by atoms with E-state index in [-0.39, 0.29) is 22.3 Å². The Morgan fingerprint density at radius 2 is 2.30 bits per heavy atom. The Bertz CT molecular complexity index is 533. The van der Waals surface area contributed by atoms with Gasteiger partial charge in [-0.1, -0.05) is 15.9 Å². The predicted octanol–water partition coefficient (Wildman–Crippen LogP) is 3.16. The van der Waals surface area contributed by atoms with Crippen LogP contribution in [0.25, 0.3) is 0 Å². The van der Waals surface area contributed by atoms with Gasteiger partial charge in [-0.3, -0.25) is 19.8 Å². The number of benzene rings is 1. The SMILES string of the molecule is CC(=O)C1CCCN(Cc2ccc(Br)cc2[N+](=O)[O-])C1. The van der Waals surface area contributed by atoms with Crippen molar-refractivity contribution < 1.29 is 9.72 Å². The summed E-state index contributed by atoms with van der Waals surface area (Å²) in [5, 5.41) is 11.1. The zero-order chi connectivity index (χ0) is 14.7. The molecule has 2 rings (SSSR count). The molecule has 20 heavy (non-hydrogen) atoms. The molecule has 0 aliphatic carbocycles. The van der Waals surface area contributed by atoms with Gasteiger partial charge in [-0.2, -0.15) is 0 Å². The Morgan fingerprint density at radius 1 is 1.55 bits per heavy atom. The molecular weight excluding hydrogens is 324 g/mol. The standard InChI is InChI=1S/C14H17BrN2O3/c1-10(18)11-3-2-6-16(8-11)9-12-4-5-13(15)7-14(12)17(19)20/h4-5,7,11H,2-3,6,8-9H2,1H3. The van der Waals surface area contributed by atoms with Crippen molar-refractivity contribution in [3.63, 3.8) is 0 Å². The van der Waals surface area contributed by atoms with E-state index in [1.165, 1.54) is 6.07 Å². The van der Waals surface area contributed by atoms with Crippen LogP contribution in [0.3, 0.4) is 0 Å². The van der Waals surface area contributed by atoms with Crippen molar-refractivity contribution in [3.8, 4) is 0 Å². The largest absolute Gasteiger partial charge is 0.300 e. The highest BCUT2D eigenvalue weighted by Gasteiger charge is 2.25. The molecule has 0 saturated carbocycles. The van der Waals surface area contributed by atoms with Crippen molar-refractivity contribution in [1.82, 2.24) is 4.90 Å². The number of carbonyl (C=O) groups excluding carboxylic acids is 1. The van der Waals surface area contributed by atoms with Crippen LogP contribution in [-0.2, 0) is 11.3 Å². The number of nitro benzene ring substituents is 1. The van der Waals surface area contributed by atoms with E-state index in [4.69, 9.17) is 0 Å². The minimum Gasteiger partial charge on any atom is -0.300 e. The maximum atomic E-state index is 11.5. The highest BCUT2D eigenvalue weighted by molar-refractivity contribution is 9.10. The third-order valence-corrected chi connectivity index (χ3v) is 4.21. The van der Waals surface area contributed by atoms with Gasteiger partial charge in [-0.15, -0.1) is 0 Å². The third-order valence-electron chi connectivity index (χ3n) is 3.72. The number of nitrogens with zero attached hydrogens (tertiary/aromatic N) is 2. The highest BCUT2D eigenvalue weighted by atomic mass is 79.9. The van der Waals surface area contributed by atoms with Crippen LogP contribution in [0.5, 0.6) is 0 Å². The number of Topliss-reactive ketones (excluding diaryl/α,β-unsaturated/α-hetero) is 1. The van der Waals surface area contributed by atoms with Gasteiger partial charge in [-0.05, 0) is 38.4 Å². The van der Waals surface area contributed by atoms with E-state index in [2.05, 4.69) is 20.8 Å². The van der Waals surface area contributed by atoms with Gasteiger partial charge in [0, 0.05) is 35.1 Å². The fourth-order valence-corrected chi connectivity index (χ4v) is 2.96. The molecule has 108 valence electrons. The molecule has 5 nitrogen and oxygen atoms in total. The lowest BCUT2D eigenvalue weighted by atomic mass is 9.94. The van der Waals surface area contributed by atoms with Gasteiger partial charge < -0.3 is 0 Å². The highest BCUT2D eigenvalue weighted by Crippen LogP contribution is 2.26. The van der Waals surface area contributed by atoms with E-state index in [0.717, 1.165) is 19.4 Å². The zero-order valence-electron chi connectivity index (χ0n) is 11.3. The summed E-state index contributed by atoms with van der Waals surface area (Å²) in [6.07, 6.45) is 1.89. The molecule has 1 aromatic rings. The lowest BCUT2D eigenvalue weighted by Crippen LogP contribution is -2.37. The first-order chi connectivity index (χ1) is 9.47. The van der Waals surface area contributed by atoms with Crippen LogP contribution in [0.2, 0.25) is 0 Å². The van der Waals surface area contributed by atoms with Gasteiger partial charge in [0.25, 0.3) is 5.69 Å². The van der Waals surface area contributed by atoms with Gasteiger partial charge in [0.2, 0.25) is 0 Å². The van der Waals surface area contributed by atoms with Crippen molar-refractivity contribution in [2.24, 2.45) is 5.92 Å². The van der Waals surface area contributed by atoms with Crippen molar-refractivity contribution >= 4 is 27.4 Å². The van der Waals surface area contributed by atoms with E-state index >= 15 is 0 Å². The van der Waals surface area contributed by atoms with Crippen molar-refractivity contribution in [2.75, 3.05) is 13.1 Å². The average molecular weight is 341 g/mol. The maximum absolute atomic E-state index is 11.5. The summed E-state index contributed by atoms with van der Waals surface area (Å²) in [7, 11) is 0. The van der Waals surface area contributed by atoms with Crippen LogP contribution in [0.1, 0.15) is 25.3 Å². The topological polar surface area (TPSA) is 63.5 Å². The summed E-state index contributed by atoms with van der Waals surface area (Å²) in [4.78, 5) is 24.4. The fraction of sp³-hybridized carbons (Fsp3) is 0.500. The van der Waals surface area contributed by atoms with E-state index < -0.39 is 0 Å². The molecule has 1 heterocycles. The molecule has 1 aromatic carbocycles. The molecule has 6 heteroatoms. The fourth-order valence-electron chi connectivity index (χ4n) is 2.61. The quantitative estimate of drug-likeness (QED) is 0.623. The summed E-state index contributed by atoms with van der Waals surface area (Å²) in [6.45, 7) is 3.73. The monoisotopic (exact) mass is 340 g/mol. The Morgan fingerprint density at radius 3 is 2.95 bits per heavy atom. The average Bonchev–Trinajstić information content (AvgIpc) is 2.41. The second kappa shape index (κ2) is 6.45. The molecule has 0 N–H and O–H groups in total. The minimum atomic E-state index is -0.355. The van der Waals surface area contributed by atoms with E-state index in [9.17, 15) is 14.9 Å². The number of carbonyl (C=O) groups is 1. The van der Waals surface area contributed by atoms with Gasteiger partial charge >= 0.3 is 0 Å². The Kier molecular flexibility index (Phi) is 4.88. The van der Waals surface area contributed by atoms with Gasteiger partial charge in [-0.25, -0.2) is 0 Å². The number of hydrogen-bond acceptors (Lipinski definition) is 4. The van der Waals surface area contributed by atoms with Gasteiger partial charge in [0.1, 0.15) is 5.78 Å². The first kappa shape index (κ1) is 15.1. The van der Waals surface area contributed by atoms with Crippen LogP contribution < -0.4 is 0 Å². The molecule has 1 aliphatic heterocycles. The molecular formula is C14H17BrN2O3. The molecule has 1 aliphatic rings. The minimum absolute atomic E-state index is 0.0678. The number of piperidine rings is 1. The number of nitro groups is 1. The molecule has 1 saturated heterocycles. The molecule has 1 fully saturated rings. The summed E-state index contributed by atoms with van der Waals surface area (Å²) < 4.78 is 0.702. The molecule has 0 radical (unpaired) electrons. The number of likely N-dealkylation sites (tertiary alicyclic amines) is 1. The van der Waals surface area contributed by atoms with Crippen molar-refractivity contribution in [1.29, 1.82) is 0 Å². The maximum Gasteiger partial charge on any atom is 0.275 e. The van der Waals surface area contributed by atoms with Crippen molar-refractivity contribution in [2.45, 2.75) is 26.3 Å². The molecule has 0 spiro atoms. The molecule has 0 amide bonds. The first-order valence-corrected chi connectivity index (χ1v) is 7.42.